The molecule has 0 heterocycles. The molecular formula is H6F4KNa. The van der Waals surface area contributed by atoms with Gasteiger partial charge in [0.25, 0.3) is 0 Å². The summed E-state index contributed by atoms with van der Waals surface area (Å²) in [7, 11) is 0. The van der Waals surface area contributed by atoms with Crippen molar-refractivity contribution in [1.29, 1.82) is 0 Å². The van der Waals surface area contributed by atoms with Gasteiger partial charge in [0.05, 0.1) is 0 Å². The second-order valence-corrected chi connectivity index (χ2v) is 0. The number of hydrogen-bond acceptors (Lipinski definition) is 0. The summed E-state index contributed by atoms with van der Waals surface area (Å²) in [6.45, 7) is 0. The molecule has 0 nitrogen and oxygen atoms in total. The van der Waals surface area contributed by atoms with Crippen molar-refractivity contribution in [3.8, 4) is 0 Å². The zero-order valence-corrected chi connectivity index (χ0v) is 1.63. The Kier molecular flexibility index (Phi) is 727. The molecule has 36 valence electrons. The van der Waals surface area contributed by atoms with Gasteiger partial charge in [-0.15, -0.1) is 0 Å². The van der Waals surface area contributed by atoms with Gasteiger partial charge >= 0.3 is 80.9 Å². The standard InChI is InChI=1S/4FH.K.Na.2H/h4*1H;;;;. The van der Waals surface area contributed by atoms with E-state index in [0.29, 0.717) is 0 Å². The summed E-state index contributed by atoms with van der Waals surface area (Å²) < 4.78 is 0. The predicted octanol–water partition coefficient (Wildman–Crippen LogP) is -0.687. The van der Waals surface area contributed by atoms with Gasteiger partial charge in [0.2, 0.25) is 0 Å². The summed E-state index contributed by atoms with van der Waals surface area (Å²) in [4.78, 5) is 0. The molecule has 0 N–H and O–H groups in total. The summed E-state index contributed by atoms with van der Waals surface area (Å²) in [5.74, 6) is 0. The Morgan fingerprint density at radius 3 is 0.500 bits per heavy atom. The Hall–Kier alpha value is 2.36. The van der Waals surface area contributed by atoms with Crippen LogP contribution in [0.1, 0.15) is 0 Å². The molecule has 0 aliphatic heterocycles. The Morgan fingerprint density at radius 2 is 0.500 bits per heavy atom. The monoisotopic (exact) mass is 144 g/mol. The van der Waals surface area contributed by atoms with E-state index >= 15 is 0 Å². The molecule has 0 rings (SSSR count). The van der Waals surface area contributed by atoms with E-state index < -0.39 is 0 Å². The summed E-state index contributed by atoms with van der Waals surface area (Å²) in [6.07, 6.45) is 0. The Labute approximate surface area is 97.6 Å². The molecule has 0 aromatic carbocycles. The van der Waals surface area contributed by atoms with Crippen LogP contribution >= 0.6 is 0 Å². The average Bonchev–Trinajstić information content (AvgIpc) is 0. The van der Waals surface area contributed by atoms with Crippen molar-refractivity contribution in [2.24, 2.45) is 0 Å². The number of hydrogen-bond donors (Lipinski definition) is 0. The first-order valence-electron chi connectivity index (χ1n) is 0. The van der Waals surface area contributed by atoms with Crippen molar-refractivity contribution in [2.75, 3.05) is 0 Å². The Balaban J connectivity index is 0. The van der Waals surface area contributed by atoms with Crippen molar-refractivity contribution < 1.29 is 18.8 Å². The fraction of sp³-hybridized carbons (Fsp3) is 0. The van der Waals surface area contributed by atoms with Crippen LogP contribution < -0.4 is 0 Å². The molecule has 0 unspecified atom stereocenters. The van der Waals surface area contributed by atoms with Crippen LogP contribution in [-0.4, -0.2) is 80.9 Å². The van der Waals surface area contributed by atoms with Crippen LogP contribution in [0.5, 0.6) is 0 Å². The molecule has 0 aromatic heterocycles. The molecule has 6 heavy (non-hydrogen) atoms. The molecule has 0 aliphatic carbocycles. The van der Waals surface area contributed by atoms with E-state index in [4.69, 9.17) is 0 Å². The van der Waals surface area contributed by atoms with Crippen LogP contribution in [0, 0.1) is 0 Å². The molecule has 0 fully saturated rings. The molecule has 0 radical (unpaired) electrons. The molecule has 0 aromatic rings. The van der Waals surface area contributed by atoms with E-state index in [-0.39, 0.29) is 99.8 Å². The maximum atomic E-state index is 0. The van der Waals surface area contributed by atoms with Crippen LogP contribution in [0.3, 0.4) is 0 Å². The van der Waals surface area contributed by atoms with E-state index in [1.54, 1.807) is 0 Å². The molecule has 0 saturated carbocycles. The SMILES string of the molecule is F.F.F.F.[KH].[NaH]. The zero-order valence-electron chi connectivity index (χ0n) is 1.63. The first-order valence-corrected chi connectivity index (χ1v) is 0. The van der Waals surface area contributed by atoms with Gasteiger partial charge < -0.3 is 0 Å². The summed E-state index contributed by atoms with van der Waals surface area (Å²) >= 11 is 0. The fourth-order valence-corrected chi connectivity index (χ4v) is 0. The normalized spacial score (nSPS) is 0. The van der Waals surface area contributed by atoms with E-state index in [0.717, 1.165) is 0 Å². The fourth-order valence-electron chi connectivity index (χ4n) is 0. The summed E-state index contributed by atoms with van der Waals surface area (Å²) in [5.41, 5.74) is 0. The van der Waals surface area contributed by atoms with E-state index in [2.05, 4.69) is 0 Å². The Bertz CT molecular complexity index is 7.51. The van der Waals surface area contributed by atoms with Gasteiger partial charge in [-0.05, 0) is 0 Å². The molecular weight excluding hydrogens is 138 g/mol. The third-order valence-electron chi connectivity index (χ3n) is 0. The van der Waals surface area contributed by atoms with Crippen LogP contribution in [0.2, 0.25) is 0 Å². The van der Waals surface area contributed by atoms with E-state index in [1.165, 1.54) is 0 Å². The van der Waals surface area contributed by atoms with Crippen LogP contribution in [0.25, 0.3) is 0 Å². The predicted molar refractivity (Wildman–Crippen MR) is 24.3 cm³/mol. The third-order valence-corrected chi connectivity index (χ3v) is 0. The van der Waals surface area contributed by atoms with Gasteiger partial charge in [-0.2, -0.15) is 0 Å². The van der Waals surface area contributed by atoms with Crippen LogP contribution in [-0.2, 0) is 0 Å². The topological polar surface area (TPSA) is 0 Å². The third kappa shape index (κ3) is 32.8. The quantitative estimate of drug-likeness (QED) is 0.312. The average molecular weight is 144 g/mol. The van der Waals surface area contributed by atoms with E-state index in [1.807, 2.05) is 0 Å². The van der Waals surface area contributed by atoms with Crippen molar-refractivity contribution >= 4 is 80.9 Å². The van der Waals surface area contributed by atoms with Crippen molar-refractivity contribution in [1.82, 2.24) is 0 Å². The first-order chi connectivity index (χ1) is 0. The van der Waals surface area contributed by atoms with Gasteiger partial charge in [0.15, 0.2) is 0 Å². The van der Waals surface area contributed by atoms with Gasteiger partial charge in [-0.3, -0.25) is 18.8 Å². The van der Waals surface area contributed by atoms with Gasteiger partial charge in [0.1, 0.15) is 0 Å². The van der Waals surface area contributed by atoms with Crippen LogP contribution in [0.15, 0.2) is 0 Å². The zero-order chi connectivity index (χ0) is 0. The second kappa shape index (κ2) is 53.5. The van der Waals surface area contributed by atoms with Gasteiger partial charge in [-0.25, -0.2) is 0 Å². The molecule has 0 bridgehead atoms. The number of rotatable bonds is 0. The molecule has 6 heteroatoms. The molecule has 0 aliphatic rings. The van der Waals surface area contributed by atoms with Gasteiger partial charge in [-0.1, -0.05) is 0 Å². The maximum absolute atomic E-state index is 0. The second-order valence-electron chi connectivity index (χ2n) is 0. The summed E-state index contributed by atoms with van der Waals surface area (Å²) in [5, 5.41) is 0. The number of halogens is 4. The minimum atomic E-state index is 0. The molecule has 0 saturated heterocycles. The first kappa shape index (κ1) is 81.4. The van der Waals surface area contributed by atoms with Crippen LogP contribution in [0.4, 0.5) is 18.8 Å². The van der Waals surface area contributed by atoms with E-state index in [9.17, 15) is 0 Å². The summed E-state index contributed by atoms with van der Waals surface area (Å²) in [6, 6.07) is 0. The van der Waals surface area contributed by atoms with Crippen molar-refractivity contribution in [2.45, 2.75) is 0 Å². The Morgan fingerprint density at radius 1 is 0.500 bits per heavy atom. The minimum absolute atomic E-state index is 0. The van der Waals surface area contributed by atoms with Gasteiger partial charge in [0, 0.05) is 0 Å². The van der Waals surface area contributed by atoms with Crippen molar-refractivity contribution in [3.05, 3.63) is 0 Å². The molecule has 0 spiro atoms. The molecule has 0 amide bonds. The molecule has 0 atom stereocenters. The van der Waals surface area contributed by atoms with Crippen molar-refractivity contribution in [3.63, 3.8) is 0 Å².